The van der Waals surface area contributed by atoms with Crippen molar-refractivity contribution >= 4 is 0 Å². The van der Waals surface area contributed by atoms with Gasteiger partial charge in [-0.2, -0.15) is 0 Å². The van der Waals surface area contributed by atoms with E-state index in [9.17, 15) is 0 Å². The Labute approximate surface area is 74.6 Å². The molecule has 2 heteroatoms. The molecule has 0 saturated heterocycles. The van der Waals surface area contributed by atoms with Crippen molar-refractivity contribution in [2.24, 2.45) is 0 Å². The smallest absolute Gasteiger partial charge is 0.0954 e. The van der Waals surface area contributed by atoms with E-state index in [4.69, 9.17) is 0 Å². The van der Waals surface area contributed by atoms with E-state index < -0.39 is 0 Å². The predicted molar refractivity (Wildman–Crippen MR) is 51.2 cm³/mol. The molecule has 0 bridgehead atoms. The summed E-state index contributed by atoms with van der Waals surface area (Å²) in [7, 11) is 0. The lowest BCUT2D eigenvalue weighted by Gasteiger charge is -2.28. The Kier molecular flexibility index (Phi) is 2.55. The minimum atomic E-state index is 0.251. The van der Waals surface area contributed by atoms with Crippen molar-refractivity contribution in [3.8, 4) is 0 Å². The van der Waals surface area contributed by atoms with E-state index in [0.29, 0.717) is 0 Å². The Balaban J connectivity index is 2.94. The summed E-state index contributed by atoms with van der Waals surface area (Å²) < 4.78 is 2.22. The maximum atomic E-state index is 4.24. The SMILES string of the molecule is CCC(C)(CC)n1cnc(C)c1. The van der Waals surface area contributed by atoms with Gasteiger partial charge in [0.05, 0.1) is 12.0 Å². The fourth-order valence-electron chi connectivity index (χ4n) is 1.33. The summed E-state index contributed by atoms with van der Waals surface area (Å²) in [5, 5.41) is 0. The van der Waals surface area contributed by atoms with Gasteiger partial charge in [-0.05, 0) is 26.7 Å². The number of hydrogen-bond acceptors (Lipinski definition) is 1. The minimum absolute atomic E-state index is 0.251. The highest BCUT2D eigenvalue weighted by Gasteiger charge is 2.20. The van der Waals surface area contributed by atoms with E-state index in [1.54, 1.807) is 0 Å². The van der Waals surface area contributed by atoms with Crippen LogP contribution in [-0.4, -0.2) is 9.55 Å². The Hall–Kier alpha value is -0.790. The van der Waals surface area contributed by atoms with Crippen LogP contribution in [0, 0.1) is 6.92 Å². The van der Waals surface area contributed by atoms with Gasteiger partial charge < -0.3 is 4.57 Å². The molecule has 68 valence electrons. The van der Waals surface area contributed by atoms with Gasteiger partial charge in [-0.1, -0.05) is 13.8 Å². The largest absolute Gasteiger partial charge is 0.331 e. The van der Waals surface area contributed by atoms with Crippen molar-refractivity contribution in [1.29, 1.82) is 0 Å². The normalized spacial score (nSPS) is 12.0. The first-order valence-electron chi connectivity index (χ1n) is 4.63. The molecule has 0 radical (unpaired) electrons. The first kappa shape index (κ1) is 9.30. The molecule has 2 nitrogen and oxygen atoms in total. The van der Waals surface area contributed by atoms with Gasteiger partial charge in [0, 0.05) is 11.7 Å². The van der Waals surface area contributed by atoms with Crippen molar-refractivity contribution in [2.45, 2.75) is 46.1 Å². The highest BCUT2D eigenvalue weighted by Crippen LogP contribution is 2.23. The van der Waals surface area contributed by atoms with Crippen molar-refractivity contribution in [1.82, 2.24) is 9.55 Å². The van der Waals surface area contributed by atoms with Crippen LogP contribution in [0.15, 0.2) is 12.5 Å². The van der Waals surface area contributed by atoms with Gasteiger partial charge in [0.1, 0.15) is 0 Å². The quantitative estimate of drug-likeness (QED) is 0.675. The number of aryl methyl sites for hydroxylation is 1. The Morgan fingerprint density at radius 1 is 1.42 bits per heavy atom. The molecule has 1 aromatic heterocycles. The van der Waals surface area contributed by atoms with Gasteiger partial charge >= 0.3 is 0 Å². The zero-order valence-corrected chi connectivity index (χ0v) is 8.46. The molecule has 0 spiro atoms. The third-order valence-corrected chi connectivity index (χ3v) is 2.86. The first-order chi connectivity index (χ1) is 5.62. The molecule has 1 heterocycles. The topological polar surface area (TPSA) is 17.8 Å². The lowest BCUT2D eigenvalue weighted by Crippen LogP contribution is -2.26. The second-order valence-electron chi connectivity index (χ2n) is 3.63. The Morgan fingerprint density at radius 2 is 2.00 bits per heavy atom. The molecule has 0 aromatic carbocycles. The molecular weight excluding hydrogens is 148 g/mol. The van der Waals surface area contributed by atoms with E-state index in [-0.39, 0.29) is 5.54 Å². The van der Waals surface area contributed by atoms with Crippen LogP contribution in [0.4, 0.5) is 0 Å². The number of nitrogens with zero attached hydrogens (tertiary/aromatic N) is 2. The van der Waals surface area contributed by atoms with Gasteiger partial charge in [-0.15, -0.1) is 0 Å². The van der Waals surface area contributed by atoms with Gasteiger partial charge in [0.2, 0.25) is 0 Å². The molecule has 0 aliphatic carbocycles. The van der Waals surface area contributed by atoms with Crippen LogP contribution in [0.2, 0.25) is 0 Å². The fourth-order valence-corrected chi connectivity index (χ4v) is 1.33. The minimum Gasteiger partial charge on any atom is -0.331 e. The van der Waals surface area contributed by atoms with Crippen molar-refractivity contribution in [3.63, 3.8) is 0 Å². The molecular formula is C10H18N2. The fraction of sp³-hybridized carbons (Fsp3) is 0.700. The van der Waals surface area contributed by atoms with E-state index in [0.717, 1.165) is 18.5 Å². The lowest BCUT2D eigenvalue weighted by molar-refractivity contribution is 0.293. The third-order valence-electron chi connectivity index (χ3n) is 2.86. The molecule has 1 aromatic rings. The molecule has 0 aliphatic heterocycles. The highest BCUT2D eigenvalue weighted by molar-refractivity contribution is 4.97. The van der Waals surface area contributed by atoms with Gasteiger partial charge in [-0.3, -0.25) is 0 Å². The van der Waals surface area contributed by atoms with E-state index >= 15 is 0 Å². The summed E-state index contributed by atoms with van der Waals surface area (Å²) in [6.45, 7) is 8.74. The van der Waals surface area contributed by atoms with E-state index in [1.165, 1.54) is 0 Å². The van der Waals surface area contributed by atoms with Crippen LogP contribution < -0.4 is 0 Å². The third kappa shape index (κ3) is 1.52. The predicted octanol–water partition coefficient (Wildman–Crippen LogP) is 2.73. The van der Waals surface area contributed by atoms with Crippen LogP contribution in [0.5, 0.6) is 0 Å². The zero-order chi connectivity index (χ0) is 9.19. The molecule has 0 aliphatic rings. The molecule has 0 saturated carbocycles. The van der Waals surface area contributed by atoms with Gasteiger partial charge in [0.15, 0.2) is 0 Å². The van der Waals surface area contributed by atoms with Crippen molar-refractivity contribution in [2.75, 3.05) is 0 Å². The molecule has 0 fully saturated rings. The van der Waals surface area contributed by atoms with Crippen LogP contribution in [-0.2, 0) is 5.54 Å². The van der Waals surface area contributed by atoms with Crippen LogP contribution >= 0.6 is 0 Å². The van der Waals surface area contributed by atoms with E-state index in [1.807, 2.05) is 13.3 Å². The van der Waals surface area contributed by atoms with E-state index in [2.05, 4.69) is 36.5 Å². The van der Waals surface area contributed by atoms with Gasteiger partial charge in [-0.25, -0.2) is 4.98 Å². The van der Waals surface area contributed by atoms with Crippen LogP contribution in [0.25, 0.3) is 0 Å². The lowest BCUT2D eigenvalue weighted by atomic mass is 9.95. The van der Waals surface area contributed by atoms with Crippen LogP contribution in [0.3, 0.4) is 0 Å². The maximum Gasteiger partial charge on any atom is 0.0954 e. The standard InChI is InChI=1S/C10H18N2/c1-5-10(4,6-2)12-7-9(3)11-8-12/h7-8H,5-6H2,1-4H3. The Morgan fingerprint density at radius 3 is 2.33 bits per heavy atom. The second-order valence-corrected chi connectivity index (χ2v) is 3.63. The van der Waals surface area contributed by atoms with Crippen LogP contribution in [0.1, 0.15) is 39.3 Å². The maximum absolute atomic E-state index is 4.24. The summed E-state index contributed by atoms with van der Waals surface area (Å²) >= 11 is 0. The molecule has 0 N–H and O–H groups in total. The molecule has 0 atom stereocenters. The summed E-state index contributed by atoms with van der Waals surface area (Å²) in [6.07, 6.45) is 6.36. The summed E-state index contributed by atoms with van der Waals surface area (Å²) in [5.74, 6) is 0. The summed E-state index contributed by atoms with van der Waals surface area (Å²) in [4.78, 5) is 4.24. The number of hydrogen-bond donors (Lipinski definition) is 0. The van der Waals surface area contributed by atoms with Gasteiger partial charge in [0.25, 0.3) is 0 Å². The van der Waals surface area contributed by atoms with Crippen molar-refractivity contribution in [3.05, 3.63) is 18.2 Å². The molecule has 0 unspecified atom stereocenters. The molecule has 12 heavy (non-hydrogen) atoms. The molecule has 1 rings (SSSR count). The number of aromatic nitrogens is 2. The number of rotatable bonds is 3. The monoisotopic (exact) mass is 166 g/mol. The zero-order valence-electron chi connectivity index (χ0n) is 8.46. The molecule has 0 amide bonds. The Bertz CT molecular complexity index is 246. The summed E-state index contributed by atoms with van der Waals surface area (Å²) in [6, 6.07) is 0. The average Bonchev–Trinajstić information content (AvgIpc) is 2.51. The second kappa shape index (κ2) is 3.30. The first-order valence-corrected chi connectivity index (χ1v) is 4.63. The summed E-state index contributed by atoms with van der Waals surface area (Å²) in [5.41, 5.74) is 1.35. The average molecular weight is 166 g/mol. The number of imidazole rings is 1. The van der Waals surface area contributed by atoms with Crippen molar-refractivity contribution < 1.29 is 0 Å². The highest BCUT2D eigenvalue weighted by atomic mass is 15.1.